The van der Waals surface area contributed by atoms with E-state index >= 15 is 0 Å². The van der Waals surface area contributed by atoms with E-state index in [1.54, 1.807) is 0 Å². The Morgan fingerprint density at radius 3 is 2.84 bits per heavy atom. The van der Waals surface area contributed by atoms with Crippen molar-refractivity contribution in [1.29, 1.82) is 0 Å². The Hall–Kier alpha value is -1.14. The molecule has 5 nitrogen and oxygen atoms in total. The standard InChI is InChI=1S/C20H31NO4/c1-16-14-21(8-7-20(16,23)18-5-10-24-11-6-18)15-17-3-2-4-19(13-17)25-12-9-22/h2-4,13,16,18,22-23H,5-12,14-15H2,1H3/t16-,20+/m1/s1. The fourth-order valence-corrected chi connectivity index (χ4v) is 4.32. The fourth-order valence-electron chi connectivity index (χ4n) is 4.32. The van der Waals surface area contributed by atoms with Crippen LogP contribution in [-0.2, 0) is 11.3 Å². The monoisotopic (exact) mass is 349 g/mol. The van der Waals surface area contributed by atoms with E-state index in [1.165, 1.54) is 5.56 Å². The molecule has 1 aromatic rings. The average molecular weight is 349 g/mol. The summed E-state index contributed by atoms with van der Waals surface area (Å²) in [5, 5.41) is 20.1. The second-order valence-corrected chi connectivity index (χ2v) is 7.48. The van der Waals surface area contributed by atoms with Gasteiger partial charge in [0.1, 0.15) is 12.4 Å². The number of benzene rings is 1. The highest BCUT2D eigenvalue weighted by atomic mass is 16.5. The largest absolute Gasteiger partial charge is 0.491 e. The van der Waals surface area contributed by atoms with Crippen LogP contribution in [0.1, 0.15) is 31.7 Å². The van der Waals surface area contributed by atoms with Crippen molar-refractivity contribution in [3.05, 3.63) is 29.8 Å². The zero-order chi connectivity index (χ0) is 17.7. The molecule has 0 amide bonds. The third-order valence-corrected chi connectivity index (χ3v) is 5.81. The lowest BCUT2D eigenvalue weighted by Crippen LogP contribution is -2.55. The van der Waals surface area contributed by atoms with Crippen LogP contribution in [0.3, 0.4) is 0 Å². The van der Waals surface area contributed by atoms with Gasteiger partial charge < -0.3 is 19.7 Å². The molecule has 2 heterocycles. The van der Waals surface area contributed by atoms with Gasteiger partial charge in [0.05, 0.1) is 12.2 Å². The molecule has 2 atom stereocenters. The number of likely N-dealkylation sites (tertiary alicyclic amines) is 1. The zero-order valence-corrected chi connectivity index (χ0v) is 15.2. The summed E-state index contributed by atoms with van der Waals surface area (Å²) in [7, 11) is 0. The van der Waals surface area contributed by atoms with Crippen LogP contribution in [-0.4, -0.2) is 60.2 Å². The SMILES string of the molecule is C[C@@H]1CN(Cc2cccc(OCCO)c2)CC[C@@]1(O)C1CCOCC1. The molecule has 1 aromatic carbocycles. The number of aliphatic hydroxyl groups excluding tert-OH is 1. The number of hydrogen-bond donors (Lipinski definition) is 2. The van der Waals surface area contributed by atoms with Crippen molar-refractivity contribution in [2.75, 3.05) is 39.5 Å². The second kappa shape index (κ2) is 8.49. The molecule has 0 radical (unpaired) electrons. The molecule has 2 N–H and O–H groups in total. The van der Waals surface area contributed by atoms with E-state index < -0.39 is 5.60 Å². The molecular weight excluding hydrogens is 318 g/mol. The summed E-state index contributed by atoms with van der Waals surface area (Å²) in [5.74, 6) is 1.43. The third-order valence-electron chi connectivity index (χ3n) is 5.81. The number of aliphatic hydroxyl groups is 2. The lowest BCUT2D eigenvalue weighted by Gasteiger charge is -2.48. The highest BCUT2D eigenvalue weighted by Crippen LogP contribution is 2.39. The normalized spacial score (nSPS) is 28.8. The van der Waals surface area contributed by atoms with Crippen LogP contribution < -0.4 is 4.74 Å². The zero-order valence-electron chi connectivity index (χ0n) is 15.2. The molecule has 0 aromatic heterocycles. The summed E-state index contributed by atoms with van der Waals surface area (Å²) in [5.41, 5.74) is 0.658. The Labute approximate surface area is 150 Å². The van der Waals surface area contributed by atoms with E-state index in [0.29, 0.717) is 12.5 Å². The first-order valence-electron chi connectivity index (χ1n) is 9.47. The molecule has 25 heavy (non-hydrogen) atoms. The van der Waals surface area contributed by atoms with Crippen molar-refractivity contribution in [2.45, 2.75) is 38.3 Å². The van der Waals surface area contributed by atoms with Crippen LogP contribution in [0.2, 0.25) is 0 Å². The molecule has 5 heteroatoms. The molecule has 140 valence electrons. The van der Waals surface area contributed by atoms with Gasteiger partial charge in [-0.2, -0.15) is 0 Å². The van der Waals surface area contributed by atoms with Crippen LogP contribution >= 0.6 is 0 Å². The molecule has 0 unspecified atom stereocenters. The minimum absolute atomic E-state index is 0.0264. The van der Waals surface area contributed by atoms with Gasteiger partial charge in [0, 0.05) is 32.8 Å². The van der Waals surface area contributed by atoms with Crippen molar-refractivity contribution in [3.8, 4) is 5.75 Å². The van der Waals surface area contributed by atoms with Gasteiger partial charge in [0.25, 0.3) is 0 Å². The summed E-state index contributed by atoms with van der Waals surface area (Å²) in [6.45, 7) is 6.79. The Bertz CT molecular complexity index is 546. The number of rotatable bonds is 6. The Balaban J connectivity index is 1.57. The Morgan fingerprint density at radius 2 is 2.12 bits per heavy atom. The lowest BCUT2D eigenvalue weighted by atomic mass is 9.70. The highest BCUT2D eigenvalue weighted by Gasteiger charge is 2.45. The summed E-state index contributed by atoms with van der Waals surface area (Å²) in [6, 6.07) is 8.06. The lowest BCUT2D eigenvalue weighted by molar-refractivity contribution is -0.131. The maximum absolute atomic E-state index is 11.3. The van der Waals surface area contributed by atoms with Gasteiger partial charge in [-0.25, -0.2) is 0 Å². The average Bonchev–Trinajstić information content (AvgIpc) is 2.64. The van der Waals surface area contributed by atoms with Crippen molar-refractivity contribution in [1.82, 2.24) is 4.90 Å². The fraction of sp³-hybridized carbons (Fsp3) is 0.700. The van der Waals surface area contributed by atoms with E-state index in [4.69, 9.17) is 14.6 Å². The second-order valence-electron chi connectivity index (χ2n) is 7.48. The van der Waals surface area contributed by atoms with Gasteiger partial charge in [0.2, 0.25) is 0 Å². The molecule has 0 spiro atoms. The van der Waals surface area contributed by atoms with Crippen molar-refractivity contribution >= 4 is 0 Å². The topological polar surface area (TPSA) is 62.2 Å². The minimum atomic E-state index is -0.549. The molecular formula is C20H31NO4. The highest BCUT2D eigenvalue weighted by molar-refractivity contribution is 5.28. The van der Waals surface area contributed by atoms with Crippen LogP contribution in [0.5, 0.6) is 5.75 Å². The van der Waals surface area contributed by atoms with Crippen molar-refractivity contribution in [3.63, 3.8) is 0 Å². The molecule has 0 saturated carbocycles. The maximum Gasteiger partial charge on any atom is 0.119 e. The smallest absolute Gasteiger partial charge is 0.119 e. The van der Waals surface area contributed by atoms with Crippen molar-refractivity contribution < 1.29 is 19.7 Å². The maximum atomic E-state index is 11.3. The predicted octanol–water partition coefficient (Wildman–Crippen LogP) is 2.06. The number of ether oxygens (including phenoxy) is 2. The number of piperidine rings is 1. The molecule has 2 aliphatic rings. The van der Waals surface area contributed by atoms with Gasteiger partial charge in [0.15, 0.2) is 0 Å². The van der Waals surface area contributed by atoms with E-state index in [2.05, 4.69) is 17.9 Å². The van der Waals surface area contributed by atoms with E-state index in [-0.39, 0.29) is 12.5 Å². The van der Waals surface area contributed by atoms with Crippen molar-refractivity contribution in [2.24, 2.45) is 11.8 Å². The Kier molecular flexibility index (Phi) is 6.34. The van der Waals surface area contributed by atoms with E-state index in [1.807, 2.05) is 18.2 Å². The molecule has 2 fully saturated rings. The van der Waals surface area contributed by atoms with Crippen LogP contribution in [0.25, 0.3) is 0 Å². The van der Waals surface area contributed by atoms with Gasteiger partial charge in [-0.1, -0.05) is 19.1 Å². The summed E-state index contributed by atoms with van der Waals surface area (Å²) in [6.07, 6.45) is 2.79. The van der Waals surface area contributed by atoms with Crippen LogP contribution in [0.15, 0.2) is 24.3 Å². The molecule has 3 rings (SSSR count). The predicted molar refractivity (Wildman–Crippen MR) is 96.6 cm³/mol. The van der Waals surface area contributed by atoms with Crippen LogP contribution in [0.4, 0.5) is 0 Å². The molecule has 2 saturated heterocycles. The minimum Gasteiger partial charge on any atom is -0.491 e. The molecule has 2 aliphatic heterocycles. The number of hydrogen-bond acceptors (Lipinski definition) is 5. The Morgan fingerprint density at radius 1 is 1.32 bits per heavy atom. The summed E-state index contributed by atoms with van der Waals surface area (Å²) < 4.78 is 11.0. The molecule has 0 aliphatic carbocycles. The van der Waals surface area contributed by atoms with Crippen LogP contribution in [0, 0.1) is 11.8 Å². The number of nitrogens with zero attached hydrogens (tertiary/aromatic N) is 1. The van der Waals surface area contributed by atoms with E-state index in [9.17, 15) is 5.11 Å². The molecule has 0 bridgehead atoms. The van der Waals surface area contributed by atoms with Gasteiger partial charge in [-0.3, -0.25) is 4.90 Å². The summed E-state index contributed by atoms with van der Waals surface area (Å²) in [4.78, 5) is 2.42. The third kappa shape index (κ3) is 4.53. The first-order chi connectivity index (χ1) is 12.1. The van der Waals surface area contributed by atoms with Gasteiger partial charge in [-0.15, -0.1) is 0 Å². The summed E-state index contributed by atoms with van der Waals surface area (Å²) >= 11 is 0. The first-order valence-corrected chi connectivity index (χ1v) is 9.47. The van der Waals surface area contributed by atoms with E-state index in [0.717, 1.165) is 57.9 Å². The first kappa shape index (κ1) is 18.6. The van der Waals surface area contributed by atoms with Gasteiger partial charge >= 0.3 is 0 Å². The van der Waals surface area contributed by atoms with Gasteiger partial charge in [-0.05, 0) is 48.8 Å². The quantitative estimate of drug-likeness (QED) is 0.823.